The van der Waals surface area contributed by atoms with Crippen molar-refractivity contribution >= 4 is 11.9 Å². The normalized spacial score (nSPS) is 12.8. The number of ether oxygens (including phenoxy) is 1. The van der Waals surface area contributed by atoms with E-state index in [4.69, 9.17) is 4.74 Å². The van der Waals surface area contributed by atoms with Crippen LogP contribution in [0, 0.1) is 0 Å². The molecule has 69 heavy (non-hydrogen) atoms. The molecular formula is C63H119NO5. The maximum absolute atomic E-state index is 12.5. The van der Waals surface area contributed by atoms with Gasteiger partial charge in [0.2, 0.25) is 5.91 Å². The minimum atomic E-state index is -0.667. The maximum Gasteiger partial charge on any atom is 0.305 e. The van der Waals surface area contributed by atoms with Crippen LogP contribution in [0.15, 0.2) is 36.5 Å². The van der Waals surface area contributed by atoms with E-state index in [0.717, 1.165) is 51.4 Å². The quantitative estimate of drug-likeness (QED) is 0.0321. The van der Waals surface area contributed by atoms with Gasteiger partial charge in [0, 0.05) is 12.8 Å². The molecule has 0 heterocycles. The number of carbonyl (C=O) groups excluding carboxylic acids is 2. The van der Waals surface area contributed by atoms with Crippen LogP contribution in [0.3, 0.4) is 0 Å². The van der Waals surface area contributed by atoms with Gasteiger partial charge in [0.15, 0.2) is 0 Å². The Morgan fingerprint density at radius 3 is 1.17 bits per heavy atom. The van der Waals surface area contributed by atoms with E-state index in [1.165, 1.54) is 244 Å². The van der Waals surface area contributed by atoms with Gasteiger partial charge >= 0.3 is 5.97 Å². The Kier molecular flexibility index (Phi) is 57.0. The number of aliphatic hydroxyl groups is 2. The van der Waals surface area contributed by atoms with Crippen LogP contribution in [0.5, 0.6) is 0 Å². The average molecular weight is 971 g/mol. The maximum atomic E-state index is 12.5. The third-order valence-electron chi connectivity index (χ3n) is 14.1. The second-order valence-corrected chi connectivity index (χ2v) is 21.0. The van der Waals surface area contributed by atoms with Crippen LogP contribution in [0.1, 0.15) is 328 Å². The second kappa shape index (κ2) is 58.6. The van der Waals surface area contributed by atoms with Gasteiger partial charge in [-0.05, 0) is 77.0 Å². The zero-order chi connectivity index (χ0) is 50.0. The lowest BCUT2D eigenvalue weighted by Gasteiger charge is -2.22. The molecule has 2 unspecified atom stereocenters. The number of aliphatic hydroxyl groups excluding tert-OH is 2. The van der Waals surface area contributed by atoms with Crippen molar-refractivity contribution in [3.8, 4) is 0 Å². The van der Waals surface area contributed by atoms with E-state index in [2.05, 4.69) is 55.6 Å². The summed E-state index contributed by atoms with van der Waals surface area (Å²) in [6, 6.07) is -0.545. The van der Waals surface area contributed by atoms with Gasteiger partial charge < -0.3 is 20.3 Å². The molecule has 0 fully saturated rings. The Balaban J connectivity index is 3.41. The topological polar surface area (TPSA) is 95.9 Å². The van der Waals surface area contributed by atoms with E-state index < -0.39 is 12.1 Å². The molecule has 0 saturated carbocycles. The van der Waals surface area contributed by atoms with E-state index in [1.807, 2.05) is 0 Å². The molecule has 2 atom stereocenters. The molecule has 0 radical (unpaired) electrons. The van der Waals surface area contributed by atoms with Gasteiger partial charge in [0.25, 0.3) is 0 Å². The molecule has 0 aromatic heterocycles. The van der Waals surface area contributed by atoms with Crippen LogP contribution in [0.25, 0.3) is 0 Å². The number of allylic oxidation sites excluding steroid dienone is 6. The van der Waals surface area contributed by atoms with Gasteiger partial charge in [-0.1, -0.05) is 275 Å². The van der Waals surface area contributed by atoms with Crippen molar-refractivity contribution in [2.24, 2.45) is 0 Å². The minimum absolute atomic E-state index is 0.00289. The summed E-state index contributed by atoms with van der Waals surface area (Å²) in [4.78, 5) is 24.5. The van der Waals surface area contributed by atoms with E-state index in [0.29, 0.717) is 25.9 Å². The Bertz CT molecular complexity index is 1120. The summed E-state index contributed by atoms with van der Waals surface area (Å²) in [5.41, 5.74) is 0. The van der Waals surface area contributed by atoms with Gasteiger partial charge in [-0.2, -0.15) is 0 Å². The highest BCUT2D eigenvalue weighted by Gasteiger charge is 2.20. The van der Waals surface area contributed by atoms with Crippen LogP contribution in [-0.2, 0) is 14.3 Å². The number of hydrogen-bond acceptors (Lipinski definition) is 5. The lowest BCUT2D eigenvalue weighted by atomic mass is 10.0. The highest BCUT2D eigenvalue weighted by Crippen LogP contribution is 2.17. The van der Waals surface area contributed by atoms with E-state index >= 15 is 0 Å². The summed E-state index contributed by atoms with van der Waals surface area (Å²) >= 11 is 0. The van der Waals surface area contributed by atoms with Crippen molar-refractivity contribution in [1.29, 1.82) is 0 Å². The molecule has 406 valence electrons. The highest BCUT2D eigenvalue weighted by atomic mass is 16.5. The number of carbonyl (C=O) groups is 2. The number of unbranched alkanes of at least 4 members (excludes halogenated alkanes) is 40. The molecule has 0 aliphatic carbocycles. The monoisotopic (exact) mass is 970 g/mol. The van der Waals surface area contributed by atoms with Crippen molar-refractivity contribution in [3.05, 3.63) is 36.5 Å². The van der Waals surface area contributed by atoms with Gasteiger partial charge in [0.1, 0.15) is 0 Å². The standard InChI is InChI=1S/C63H119NO5/c1-3-5-7-9-11-13-15-17-28-32-35-39-43-47-51-55-61(66)60(59-65)64-62(67)56-52-48-44-40-36-33-29-26-24-22-20-18-19-21-23-25-27-30-34-38-42-46-50-54-58-69-63(68)57-53-49-45-41-37-31-16-14-12-10-8-6-4-2/h8,10,14,16,20,22,60-61,65-66H,3-7,9,11-13,15,17-19,21,23-59H2,1-2H3,(H,64,67)/b10-8-,16-14-,22-20-. The Hall–Kier alpha value is -1.92. The molecule has 0 rings (SSSR count). The van der Waals surface area contributed by atoms with Crippen molar-refractivity contribution in [2.45, 2.75) is 341 Å². The first kappa shape index (κ1) is 67.1. The molecule has 6 heteroatoms. The van der Waals surface area contributed by atoms with Crippen molar-refractivity contribution < 1.29 is 24.5 Å². The highest BCUT2D eigenvalue weighted by molar-refractivity contribution is 5.76. The molecule has 3 N–H and O–H groups in total. The number of rotatable bonds is 57. The molecule has 0 aliphatic heterocycles. The van der Waals surface area contributed by atoms with Crippen molar-refractivity contribution in [2.75, 3.05) is 13.2 Å². The average Bonchev–Trinajstić information content (AvgIpc) is 3.35. The summed E-state index contributed by atoms with van der Waals surface area (Å²) in [7, 11) is 0. The van der Waals surface area contributed by atoms with Gasteiger partial charge in [-0.25, -0.2) is 0 Å². The van der Waals surface area contributed by atoms with Crippen LogP contribution < -0.4 is 5.32 Å². The summed E-state index contributed by atoms with van der Waals surface area (Å²) < 4.78 is 5.47. The molecule has 6 nitrogen and oxygen atoms in total. The summed E-state index contributed by atoms with van der Waals surface area (Å²) in [6.45, 7) is 4.89. The fourth-order valence-corrected chi connectivity index (χ4v) is 9.44. The summed E-state index contributed by atoms with van der Waals surface area (Å²) in [6.07, 6.45) is 72.9. The predicted octanol–water partition coefficient (Wildman–Crippen LogP) is 19.2. The first-order valence-corrected chi connectivity index (χ1v) is 30.7. The van der Waals surface area contributed by atoms with Crippen LogP contribution >= 0.6 is 0 Å². The zero-order valence-electron chi connectivity index (χ0n) is 46.3. The predicted molar refractivity (Wildman–Crippen MR) is 301 cm³/mol. The molecule has 1 amide bonds. The second-order valence-electron chi connectivity index (χ2n) is 21.0. The fraction of sp³-hybridized carbons (Fsp3) is 0.873. The Labute approximate surface area is 430 Å². The first-order valence-electron chi connectivity index (χ1n) is 30.7. The van der Waals surface area contributed by atoms with E-state index in [9.17, 15) is 19.8 Å². The summed E-state index contributed by atoms with van der Waals surface area (Å²) in [5.74, 6) is -0.0412. The van der Waals surface area contributed by atoms with E-state index in [1.54, 1.807) is 0 Å². The summed E-state index contributed by atoms with van der Waals surface area (Å²) in [5, 5.41) is 23.3. The number of esters is 1. The number of amides is 1. The zero-order valence-corrected chi connectivity index (χ0v) is 46.3. The van der Waals surface area contributed by atoms with Gasteiger partial charge in [0.05, 0.1) is 25.4 Å². The van der Waals surface area contributed by atoms with Gasteiger partial charge in [-0.3, -0.25) is 9.59 Å². The molecule has 0 aliphatic rings. The third-order valence-corrected chi connectivity index (χ3v) is 14.1. The SMILES string of the molecule is CCC/C=C\C/C=C\CCCCCCCC(=O)OCCCCCCCCCCCCCC/C=C\CCCCCCCCCCC(=O)NC(CO)C(O)CCCCCCCCCCCCCCCCC. The molecule has 0 aromatic carbocycles. The molecular weight excluding hydrogens is 851 g/mol. The van der Waals surface area contributed by atoms with Crippen molar-refractivity contribution in [1.82, 2.24) is 5.32 Å². The first-order chi connectivity index (χ1) is 34.0. The van der Waals surface area contributed by atoms with Gasteiger partial charge in [-0.15, -0.1) is 0 Å². The van der Waals surface area contributed by atoms with Crippen LogP contribution in [0.2, 0.25) is 0 Å². The van der Waals surface area contributed by atoms with Crippen molar-refractivity contribution in [3.63, 3.8) is 0 Å². The fourth-order valence-electron chi connectivity index (χ4n) is 9.44. The number of hydrogen-bond donors (Lipinski definition) is 3. The molecule has 0 saturated heterocycles. The molecule has 0 bridgehead atoms. The Morgan fingerprint density at radius 1 is 0.406 bits per heavy atom. The number of nitrogens with one attached hydrogen (secondary N) is 1. The third kappa shape index (κ3) is 55.2. The lowest BCUT2D eigenvalue weighted by molar-refractivity contribution is -0.143. The minimum Gasteiger partial charge on any atom is -0.466 e. The van der Waals surface area contributed by atoms with Crippen LogP contribution in [0.4, 0.5) is 0 Å². The van der Waals surface area contributed by atoms with Crippen LogP contribution in [-0.4, -0.2) is 47.4 Å². The molecule has 0 spiro atoms. The molecule has 0 aromatic rings. The largest absolute Gasteiger partial charge is 0.466 e. The Morgan fingerprint density at radius 2 is 0.754 bits per heavy atom. The smallest absolute Gasteiger partial charge is 0.305 e. The van der Waals surface area contributed by atoms with E-state index in [-0.39, 0.29) is 18.5 Å². The lowest BCUT2D eigenvalue weighted by Crippen LogP contribution is -2.45.